The molecule has 1 aliphatic heterocycles. The summed E-state index contributed by atoms with van der Waals surface area (Å²) in [6.07, 6.45) is 2.47. The predicted molar refractivity (Wildman–Crippen MR) is 102 cm³/mol. The summed E-state index contributed by atoms with van der Waals surface area (Å²) in [6.45, 7) is 3.13. The highest BCUT2D eigenvalue weighted by atomic mass is 79.9. The highest BCUT2D eigenvalue weighted by Gasteiger charge is 2.41. The summed E-state index contributed by atoms with van der Waals surface area (Å²) in [5.41, 5.74) is 4.27. The highest BCUT2D eigenvalue weighted by molar-refractivity contribution is 9.10. The second-order valence-corrected chi connectivity index (χ2v) is 7.88. The molecule has 0 bridgehead atoms. The lowest BCUT2D eigenvalue weighted by Crippen LogP contribution is -2.49. The van der Waals surface area contributed by atoms with Crippen LogP contribution in [0.15, 0.2) is 41.0 Å². The lowest BCUT2D eigenvalue weighted by molar-refractivity contribution is -0.0963. The zero-order chi connectivity index (χ0) is 18.9. The van der Waals surface area contributed by atoms with Gasteiger partial charge in [-0.25, -0.2) is 8.78 Å². The number of ether oxygens (including phenoxy) is 1. The van der Waals surface area contributed by atoms with E-state index in [0.717, 1.165) is 22.2 Å². The molecule has 1 aliphatic rings. The maximum absolute atomic E-state index is 14.4. The molecule has 0 unspecified atom stereocenters. The lowest BCUT2D eigenvalue weighted by Gasteiger charge is -2.43. The fourth-order valence-corrected chi connectivity index (χ4v) is 3.99. The van der Waals surface area contributed by atoms with E-state index in [1.165, 1.54) is 18.2 Å². The first-order valence-electron chi connectivity index (χ1n) is 8.65. The Morgan fingerprint density at radius 3 is 2.73 bits per heavy atom. The first kappa shape index (κ1) is 19.4. The van der Waals surface area contributed by atoms with E-state index in [1.54, 1.807) is 6.20 Å². The van der Waals surface area contributed by atoms with E-state index in [0.29, 0.717) is 0 Å². The second-order valence-electron chi connectivity index (χ2n) is 6.96. The number of aryl methyl sites for hydroxylation is 1. The van der Waals surface area contributed by atoms with Crippen LogP contribution in [0.1, 0.15) is 35.3 Å². The largest absolute Gasteiger partial charge is 0.378 e. The van der Waals surface area contributed by atoms with Crippen molar-refractivity contribution in [2.45, 2.75) is 38.3 Å². The molecule has 26 heavy (non-hydrogen) atoms. The smallest absolute Gasteiger partial charge is 0.283 e. The van der Waals surface area contributed by atoms with E-state index in [1.807, 2.05) is 36.1 Å². The van der Waals surface area contributed by atoms with Gasteiger partial charge in [-0.2, -0.15) is 0 Å². The van der Waals surface area contributed by atoms with Crippen LogP contribution in [-0.4, -0.2) is 42.1 Å². The zero-order valence-electron chi connectivity index (χ0n) is 15.2. The molecule has 0 aliphatic carbocycles. The standard InChI is InChI=1S/C20H23BrF2N2O/c1-13-5-4-6-16-17(13)9-14(2)25(11-20(22,23)12-26-3)19(16)18-8-7-15(21)10-24-18/h4-8,10,14,19H,9,11-12H2,1-3H3/t14-,19+/m1/s1. The number of aromatic nitrogens is 1. The number of halogens is 3. The van der Waals surface area contributed by atoms with Gasteiger partial charge < -0.3 is 4.74 Å². The highest BCUT2D eigenvalue weighted by Crippen LogP contribution is 2.39. The number of alkyl halides is 2. The van der Waals surface area contributed by atoms with Gasteiger partial charge in [0, 0.05) is 23.8 Å². The van der Waals surface area contributed by atoms with Gasteiger partial charge in [0.15, 0.2) is 0 Å². The van der Waals surface area contributed by atoms with Crippen molar-refractivity contribution in [1.82, 2.24) is 9.88 Å². The van der Waals surface area contributed by atoms with Gasteiger partial charge in [0.05, 0.1) is 18.3 Å². The van der Waals surface area contributed by atoms with Crippen LogP contribution < -0.4 is 0 Å². The number of fused-ring (bicyclic) bond motifs is 1. The van der Waals surface area contributed by atoms with E-state index in [9.17, 15) is 8.78 Å². The Morgan fingerprint density at radius 1 is 1.31 bits per heavy atom. The van der Waals surface area contributed by atoms with Crippen molar-refractivity contribution >= 4 is 15.9 Å². The molecule has 1 aromatic heterocycles. The van der Waals surface area contributed by atoms with Crippen molar-refractivity contribution in [2.75, 3.05) is 20.3 Å². The van der Waals surface area contributed by atoms with E-state index < -0.39 is 12.5 Å². The Balaban J connectivity index is 2.08. The Kier molecular flexibility index (Phi) is 5.75. The minimum absolute atomic E-state index is 0.0261. The molecule has 0 saturated heterocycles. The molecule has 140 valence electrons. The molecule has 0 amide bonds. The van der Waals surface area contributed by atoms with Gasteiger partial charge in [-0.1, -0.05) is 18.2 Å². The molecule has 3 nitrogen and oxygen atoms in total. The van der Waals surface area contributed by atoms with Crippen molar-refractivity contribution in [3.05, 3.63) is 63.4 Å². The first-order valence-corrected chi connectivity index (χ1v) is 9.44. The number of hydrogen-bond donors (Lipinski definition) is 0. The maximum Gasteiger partial charge on any atom is 0.283 e. The summed E-state index contributed by atoms with van der Waals surface area (Å²) in [5, 5.41) is 0. The summed E-state index contributed by atoms with van der Waals surface area (Å²) in [7, 11) is 1.31. The van der Waals surface area contributed by atoms with E-state index in [4.69, 9.17) is 4.74 Å². The number of methoxy groups -OCH3 is 1. The predicted octanol–water partition coefficient (Wildman–Crippen LogP) is 4.77. The monoisotopic (exact) mass is 424 g/mol. The molecular formula is C20H23BrF2N2O. The number of hydrogen-bond acceptors (Lipinski definition) is 3. The number of pyridine rings is 1. The van der Waals surface area contributed by atoms with Crippen molar-refractivity contribution in [2.24, 2.45) is 0 Å². The zero-order valence-corrected chi connectivity index (χ0v) is 16.8. The van der Waals surface area contributed by atoms with Crippen LogP contribution >= 0.6 is 15.9 Å². The minimum Gasteiger partial charge on any atom is -0.378 e. The SMILES string of the molecule is COCC(F)(F)CN1[C@H](c2ccc(Br)cn2)c2cccc(C)c2C[C@H]1C. The third kappa shape index (κ3) is 3.97. The van der Waals surface area contributed by atoms with Gasteiger partial charge in [-0.3, -0.25) is 9.88 Å². The van der Waals surface area contributed by atoms with E-state index in [2.05, 4.69) is 33.9 Å². The molecular weight excluding hydrogens is 402 g/mol. The van der Waals surface area contributed by atoms with Gasteiger partial charge in [0.25, 0.3) is 5.92 Å². The molecule has 3 rings (SSSR count). The summed E-state index contributed by atoms with van der Waals surface area (Å²) >= 11 is 3.40. The van der Waals surface area contributed by atoms with Gasteiger partial charge in [0.2, 0.25) is 0 Å². The topological polar surface area (TPSA) is 25.4 Å². The van der Waals surface area contributed by atoms with Crippen LogP contribution in [-0.2, 0) is 11.2 Å². The summed E-state index contributed by atoms with van der Waals surface area (Å²) in [4.78, 5) is 6.38. The van der Waals surface area contributed by atoms with Gasteiger partial charge in [0.1, 0.15) is 6.61 Å². The molecule has 0 N–H and O–H groups in total. The Hall–Kier alpha value is -1.37. The van der Waals surface area contributed by atoms with E-state index in [-0.39, 0.29) is 18.6 Å². The van der Waals surface area contributed by atoms with Crippen LogP contribution in [0.5, 0.6) is 0 Å². The molecule has 2 atom stereocenters. The van der Waals surface area contributed by atoms with Crippen molar-refractivity contribution in [1.29, 1.82) is 0 Å². The maximum atomic E-state index is 14.4. The van der Waals surface area contributed by atoms with Crippen LogP contribution in [0.25, 0.3) is 0 Å². The third-order valence-corrected chi connectivity index (χ3v) is 5.41. The fraction of sp³-hybridized carbons (Fsp3) is 0.450. The van der Waals surface area contributed by atoms with Crippen LogP contribution in [0.3, 0.4) is 0 Å². The lowest BCUT2D eigenvalue weighted by atomic mass is 9.84. The molecule has 0 radical (unpaired) electrons. The van der Waals surface area contributed by atoms with Crippen molar-refractivity contribution in [3.63, 3.8) is 0 Å². The molecule has 2 aromatic rings. The second kappa shape index (κ2) is 7.71. The normalized spacial score (nSPS) is 20.8. The van der Waals surface area contributed by atoms with Crippen molar-refractivity contribution < 1.29 is 13.5 Å². The first-order chi connectivity index (χ1) is 12.3. The van der Waals surface area contributed by atoms with Gasteiger partial charge >= 0.3 is 0 Å². The minimum atomic E-state index is -2.92. The van der Waals surface area contributed by atoms with Crippen LogP contribution in [0.4, 0.5) is 8.78 Å². The Bertz CT molecular complexity index is 767. The number of rotatable bonds is 5. The molecule has 0 fully saturated rings. The van der Waals surface area contributed by atoms with Gasteiger partial charge in [-0.15, -0.1) is 0 Å². The van der Waals surface area contributed by atoms with Crippen LogP contribution in [0.2, 0.25) is 0 Å². The summed E-state index contributed by atoms with van der Waals surface area (Å²) in [6, 6.07) is 9.58. The van der Waals surface area contributed by atoms with E-state index >= 15 is 0 Å². The molecule has 0 spiro atoms. The number of benzene rings is 1. The summed E-state index contributed by atoms with van der Waals surface area (Å²) < 4.78 is 34.4. The molecule has 6 heteroatoms. The average molecular weight is 425 g/mol. The summed E-state index contributed by atoms with van der Waals surface area (Å²) in [5.74, 6) is -2.92. The average Bonchev–Trinajstić information content (AvgIpc) is 2.57. The molecule has 2 heterocycles. The quantitative estimate of drug-likeness (QED) is 0.690. The number of nitrogens with zero attached hydrogens (tertiary/aromatic N) is 2. The third-order valence-electron chi connectivity index (χ3n) is 4.94. The van der Waals surface area contributed by atoms with Crippen LogP contribution in [0, 0.1) is 6.92 Å². The van der Waals surface area contributed by atoms with Gasteiger partial charge in [-0.05, 0) is 65.0 Å². The Labute approximate surface area is 161 Å². The fourth-order valence-electron chi connectivity index (χ4n) is 3.76. The molecule has 1 aromatic carbocycles. The molecule has 0 saturated carbocycles. The van der Waals surface area contributed by atoms with Crippen molar-refractivity contribution in [3.8, 4) is 0 Å². The Morgan fingerprint density at radius 2 is 2.08 bits per heavy atom.